The number of carboxylic acid groups (broad SMARTS) is 1. The summed E-state index contributed by atoms with van der Waals surface area (Å²) in [6.45, 7) is 5.73. The average Bonchev–Trinajstić information content (AvgIpc) is 2.04. The zero-order valence-corrected chi connectivity index (χ0v) is 8.31. The van der Waals surface area contributed by atoms with Crippen molar-refractivity contribution in [2.75, 3.05) is 0 Å². The minimum atomic E-state index is -0.629. The molecule has 0 aliphatic heterocycles. The summed E-state index contributed by atoms with van der Waals surface area (Å²) in [6, 6.07) is 0. The van der Waals surface area contributed by atoms with E-state index in [1.54, 1.807) is 0 Å². The van der Waals surface area contributed by atoms with Crippen LogP contribution in [-0.2, 0) is 4.79 Å². The van der Waals surface area contributed by atoms with Gasteiger partial charge in [-0.05, 0) is 26.2 Å². The molecule has 1 rings (SSSR count). The van der Waals surface area contributed by atoms with Crippen LogP contribution in [0.2, 0.25) is 0 Å². The van der Waals surface area contributed by atoms with E-state index >= 15 is 0 Å². The second-order valence-corrected chi connectivity index (χ2v) is 4.28. The first-order valence-corrected chi connectivity index (χ1v) is 4.95. The highest BCUT2D eigenvalue weighted by Gasteiger charge is 2.39. The highest BCUT2D eigenvalue weighted by Crippen LogP contribution is 2.41. The smallest absolute Gasteiger partial charge is 0.309 e. The van der Waals surface area contributed by atoms with Crippen molar-refractivity contribution < 1.29 is 9.90 Å². The Kier molecular flexibility index (Phi) is 3.12. The van der Waals surface area contributed by atoms with Gasteiger partial charge in [0.25, 0.3) is 0 Å². The van der Waals surface area contributed by atoms with Crippen molar-refractivity contribution in [3.8, 4) is 0 Å². The number of hydrogen-bond donors (Lipinski definition) is 1. The van der Waals surface area contributed by atoms with E-state index in [0.717, 1.165) is 31.3 Å². The molecule has 1 aliphatic rings. The lowest BCUT2D eigenvalue weighted by Gasteiger charge is -2.33. The van der Waals surface area contributed by atoms with E-state index in [1.165, 1.54) is 6.42 Å². The highest BCUT2D eigenvalue weighted by atomic mass is 16.4. The fourth-order valence-corrected chi connectivity index (χ4v) is 2.27. The fourth-order valence-electron chi connectivity index (χ4n) is 2.27. The first-order chi connectivity index (χ1) is 6.07. The molecule has 0 radical (unpaired) electrons. The van der Waals surface area contributed by atoms with E-state index < -0.39 is 11.4 Å². The summed E-state index contributed by atoms with van der Waals surface area (Å²) >= 11 is 0. The van der Waals surface area contributed by atoms with E-state index in [4.69, 9.17) is 0 Å². The first kappa shape index (κ1) is 10.3. The van der Waals surface area contributed by atoms with Crippen LogP contribution in [0, 0.1) is 5.41 Å². The molecule has 0 spiro atoms. The van der Waals surface area contributed by atoms with Crippen molar-refractivity contribution in [3.05, 3.63) is 12.2 Å². The third kappa shape index (κ3) is 2.33. The Bertz CT molecular complexity index is 212. The van der Waals surface area contributed by atoms with Crippen molar-refractivity contribution in [3.63, 3.8) is 0 Å². The fraction of sp³-hybridized carbons (Fsp3) is 0.727. The van der Waals surface area contributed by atoms with Gasteiger partial charge in [-0.1, -0.05) is 24.8 Å². The molecule has 0 bridgehead atoms. The van der Waals surface area contributed by atoms with Gasteiger partial charge in [-0.2, -0.15) is 0 Å². The van der Waals surface area contributed by atoms with Gasteiger partial charge in [-0.15, -0.1) is 6.58 Å². The second-order valence-electron chi connectivity index (χ2n) is 4.28. The molecule has 2 heteroatoms. The largest absolute Gasteiger partial charge is 0.481 e. The third-order valence-corrected chi connectivity index (χ3v) is 2.90. The molecular weight excluding hydrogens is 164 g/mol. The zero-order chi connectivity index (χ0) is 9.90. The van der Waals surface area contributed by atoms with Crippen LogP contribution in [0.25, 0.3) is 0 Å². The lowest BCUT2D eigenvalue weighted by atomic mass is 9.70. The van der Waals surface area contributed by atoms with Gasteiger partial charge in [0.05, 0.1) is 5.41 Å². The number of rotatable bonds is 3. The molecule has 1 fully saturated rings. The van der Waals surface area contributed by atoms with Crippen molar-refractivity contribution in [2.24, 2.45) is 5.41 Å². The van der Waals surface area contributed by atoms with E-state index in [9.17, 15) is 9.90 Å². The van der Waals surface area contributed by atoms with Crippen molar-refractivity contribution >= 4 is 5.97 Å². The first-order valence-electron chi connectivity index (χ1n) is 4.95. The average molecular weight is 182 g/mol. The predicted molar refractivity (Wildman–Crippen MR) is 52.6 cm³/mol. The zero-order valence-electron chi connectivity index (χ0n) is 8.31. The summed E-state index contributed by atoms with van der Waals surface area (Å²) in [5, 5.41) is 9.20. The topological polar surface area (TPSA) is 37.3 Å². The van der Waals surface area contributed by atoms with Gasteiger partial charge in [-0.25, -0.2) is 0 Å². The molecule has 2 nitrogen and oxygen atoms in total. The molecular formula is C11H18O2. The van der Waals surface area contributed by atoms with E-state index in [0.29, 0.717) is 6.42 Å². The number of allylic oxidation sites excluding steroid dienone is 1. The predicted octanol–water partition coefficient (Wildman–Crippen LogP) is 2.99. The molecule has 0 aromatic rings. The summed E-state index contributed by atoms with van der Waals surface area (Å²) in [6.07, 6.45) is 5.61. The maximum absolute atomic E-state index is 11.2. The van der Waals surface area contributed by atoms with Crippen LogP contribution in [0.4, 0.5) is 0 Å². The number of carboxylic acids is 1. The van der Waals surface area contributed by atoms with Gasteiger partial charge in [0, 0.05) is 0 Å². The highest BCUT2D eigenvalue weighted by molar-refractivity contribution is 5.75. The van der Waals surface area contributed by atoms with E-state index in [-0.39, 0.29) is 0 Å². The summed E-state index contributed by atoms with van der Waals surface area (Å²) in [7, 11) is 0. The Balaban J connectivity index is 2.73. The maximum Gasteiger partial charge on any atom is 0.309 e. The van der Waals surface area contributed by atoms with Gasteiger partial charge in [0.2, 0.25) is 0 Å². The lowest BCUT2D eigenvalue weighted by Crippen LogP contribution is -2.33. The Morgan fingerprint density at radius 2 is 1.92 bits per heavy atom. The molecule has 0 saturated heterocycles. The SMILES string of the molecule is C=C(C)CC1(C(=O)O)CCCCC1. The van der Waals surface area contributed by atoms with Crippen LogP contribution in [0.3, 0.4) is 0 Å². The van der Waals surface area contributed by atoms with E-state index in [1.807, 2.05) is 6.92 Å². The molecule has 0 unspecified atom stereocenters. The number of hydrogen-bond acceptors (Lipinski definition) is 1. The van der Waals surface area contributed by atoms with Gasteiger partial charge in [0.1, 0.15) is 0 Å². The lowest BCUT2D eigenvalue weighted by molar-refractivity contribution is -0.151. The van der Waals surface area contributed by atoms with Crippen LogP contribution >= 0.6 is 0 Å². The Morgan fingerprint density at radius 3 is 2.31 bits per heavy atom. The molecule has 0 atom stereocenters. The Hall–Kier alpha value is -0.790. The molecule has 0 aromatic carbocycles. The van der Waals surface area contributed by atoms with Gasteiger partial charge in [0.15, 0.2) is 0 Å². The van der Waals surface area contributed by atoms with Gasteiger partial charge >= 0.3 is 5.97 Å². The van der Waals surface area contributed by atoms with Crippen molar-refractivity contribution in [2.45, 2.75) is 45.4 Å². The summed E-state index contributed by atoms with van der Waals surface area (Å²) in [5.74, 6) is -0.629. The summed E-state index contributed by atoms with van der Waals surface area (Å²) in [5.41, 5.74) is 0.508. The van der Waals surface area contributed by atoms with Gasteiger partial charge in [-0.3, -0.25) is 4.79 Å². The standard InChI is InChI=1S/C11H18O2/c1-9(2)8-11(10(12)13)6-4-3-5-7-11/h1,3-8H2,2H3,(H,12,13). The van der Waals surface area contributed by atoms with Crippen LogP contribution in [0.1, 0.15) is 45.4 Å². The maximum atomic E-state index is 11.2. The van der Waals surface area contributed by atoms with Gasteiger partial charge < -0.3 is 5.11 Å². The normalized spacial score (nSPS) is 21.0. The summed E-state index contributed by atoms with van der Waals surface area (Å²) in [4.78, 5) is 11.2. The molecule has 0 heterocycles. The minimum Gasteiger partial charge on any atom is -0.481 e. The van der Waals surface area contributed by atoms with Crippen molar-refractivity contribution in [1.82, 2.24) is 0 Å². The number of aliphatic carboxylic acids is 1. The third-order valence-electron chi connectivity index (χ3n) is 2.90. The Morgan fingerprint density at radius 1 is 1.38 bits per heavy atom. The monoisotopic (exact) mass is 182 g/mol. The van der Waals surface area contributed by atoms with Crippen LogP contribution in [-0.4, -0.2) is 11.1 Å². The second kappa shape index (κ2) is 3.95. The Labute approximate surface area is 79.6 Å². The molecule has 1 N–H and O–H groups in total. The quantitative estimate of drug-likeness (QED) is 0.681. The molecule has 1 aliphatic carbocycles. The minimum absolute atomic E-state index is 0.482. The molecule has 1 saturated carbocycles. The van der Waals surface area contributed by atoms with Crippen molar-refractivity contribution in [1.29, 1.82) is 0 Å². The van der Waals surface area contributed by atoms with Crippen LogP contribution in [0.5, 0.6) is 0 Å². The summed E-state index contributed by atoms with van der Waals surface area (Å²) < 4.78 is 0. The van der Waals surface area contributed by atoms with Crippen LogP contribution in [0.15, 0.2) is 12.2 Å². The molecule has 74 valence electrons. The molecule has 0 amide bonds. The molecule has 0 aromatic heterocycles. The number of carbonyl (C=O) groups is 1. The van der Waals surface area contributed by atoms with Crippen LogP contribution < -0.4 is 0 Å². The van der Waals surface area contributed by atoms with E-state index in [2.05, 4.69) is 6.58 Å². The molecule has 13 heavy (non-hydrogen) atoms.